The topological polar surface area (TPSA) is 69.0 Å². The minimum Gasteiger partial charge on any atom is -0.468 e. The summed E-state index contributed by atoms with van der Waals surface area (Å²) in [5.41, 5.74) is 0.824. The lowest BCUT2D eigenvalue weighted by molar-refractivity contribution is -0.141. The maximum atomic E-state index is 11.0. The average molecular weight is 226 g/mol. The minimum absolute atomic E-state index is 0.105. The third kappa shape index (κ3) is 4.39. The summed E-state index contributed by atoms with van der Waals surface area (Å²) in [5, 5.41) is 11.0. The zero-order chi connectivity index (χ0) is 12.0. The van der Waals surface area contributed by atoms with E-state index in [9.17, 15) is 4.79 Å². The standard InChI is InChI=1S/C10H18N4O2/c1-8(2)4-11-5-9-6-14(13-12-9)7-10(15)16-3/h6,8,11H,4-5,7H2,1-3H3. The van der Waals surface area contributed by atoms with Crippen LogP contribution in [0.25, 0.3) is 0 Å². The fourth-order valence-electron chi connectivity index (χ4n) is 1.18. The van der Waals surface area contributed by atoms with Gasteiger partial charge in [-0.2, -0.15) is 0 Å². The number of carbonyl (C=O) groups excluding carboxylic acids is 1. The van der Waals surface area contributed by atoms with Crippen molar-refractivity contribution in [3.05, 3.63) is 11.9 Å². The Morgan fingerprint density at radius 3 is 3.00 bits per heavy atom. The minimum atomic E-state index is -0.327. The van der Waals surface area contributed by atoms with Crippen molar-refractivity contribution in [1.29, 1.82) is 0 Å². The van der Waals surface area contributed by atoms with Crippen LogP contribution in [0, 0.1) is 5.92 Å². The molecule has 1 aromatic heterocycles. The second-order valence-electron chi connectivity index (χ2n) is 4.01. The van der Waals surface area contributed by atoms with Crippen LogP contribution < -0.4 is 5.32 Å². The molecule has 6 heteroatoms. The van der Waals surface area contributed by atoms with E-state index < -0.39 is 0 Å². The summed E-state index contributed by atoms with van der Waals surface area (Å²) in [6, 6.07) is 0. The van der Waals surface area contributed by atoms with E-state index in [4.69, 9.17) is 0 Å². The molecule has 0 spiro atoms. The fourth-order valence-corrected chi connectivity index (χ4v) is 1.18. The van der Waals surface area contributed by atoms with E-state index in [0.29, 0.717) is 12.5 Å². The van der Waals surface area contributed by atoms with Crippen LogP contribution in [-0.4, -0.2) is 34.6 Å². The Bertz CT molecular complexity index is 335. The number of nitrogens with one attached hydrogen (secondary N) is 1. The van der Waals surface area contributed by atoms with Gasteiger partial charge in [0.1, 0.15) is 6.54 Å². The molecule has 0 aliphatic heterocycles. The van der Waals surface area contributed by atoms with E-state index in [2.05, 4.69) is 34.2 Å². The largest absolute Gasteiger partial charge is 0.468 e. The Kier molecular flexibility index (Phi) is 4.91. The van der Waals surface area contributed by atoms with Gasteiger partial charge in [0.05, 0.1) is 19.0 Å². The number of carbonyl (C=O) groups is 1. The monoisotopic (exact) mass is 226 g/mol. The van der Waals surface area contributed by atoms with Gasteiger partial charge in [0.2, 0.25) is 0 Å². The van der Waals surface area contributed by atoms with Crippen LogP contribution in [0.5, 0.6) is 0 Å². The smallest absolute Gasteiger partial charge is 0.327 e. The number of rotatable bonds is 6. The van der Waals surface area contributed by atoms with E-state index >= 15 is 0 Å². The summed E-state index contributed by atoms with van der Waals surface area (Å²) in [5.74, 6) is 0.275. The highest BCUT2D eigenvalue weighted by atomic mass is 16.5. The van der Waals surface area contributed by atoms with Crippen molar-refractivity contribution in [2.75, 3.05) is 13.7 Å². The normalized spacial score (nSPS) is 10.8. The van der Waals surface area contributed by atoms with Gasteiger partial charge in [0.25, 0.3) is 0 Å². The number of ether oxygens (including phenoxy) is 1. The Balaban J connectivity index is 2.36. The zero-order valence-corrected chi connectivity index (χ0v) is 9.93. The summed E-state index contributed by atoms with van der Waals surface area (Å²) in [4.78, 5) is 11.0. The Labute approximate surface area is 95.0 Å². The van der Waals surface area contributed by atoms with Crippen molar-refractivity contribution >= 4 is 5.97 Å². The summed E-state index contributed by atoms with van der Waals surface area (Å²) in [7, 11) is 1.35. The van der Waals surface area contributed by atoms with Gasteiger partial charge in [0.15, 0.2) is 0 Å². The van der Waals surface area contributed by atoms with E-state index in [1.54, 1.807) is 6.20 Å². The van der Waals surface area contributed by atoms with Crippen LogP contribution in [0.1, 0.15) is 19.5 Å². The van der Waals surface area contributed by atoms with Crippen LogP contribution in [0.2, 0.25) is 0 Å². The van der Waals surface area contributed by atoms with Crippen LogP contribution in [0.15, 0.2) is 6.20 Å². The van der Waals surface area contributed by atoms with Gasteiger partial charge in [-0.25, -0.2) is 4.68 Å². The number of esters is 1. The molecule has 0 radical (unpaired) electrons. The molecule has 1 aromatic rings. The summed E-state index contributed by atoms with van der Waals surface area (Å²) in [6.07, 6.45) is 1.74. The number of methoxy groups -OCH3 is 1. The molecule has 0 aliphatic carbocycles. The molecule has 0 amide bonds. The highest BCUT2D eigenvalue weighted by molar-refractivity contribution is 5.68. The Hall–Kier alpha value is -1.43. The van der Waals surface area contributed by atoms with Crippen LogP contribution >= 0.6 is 0 Å². The van der Waals surface area contributed by atoms with Gasteiger partial charge < -0.3 is 10.1 Å². The highest BCUT2D eigenvalue weighted by Crippen LogP contribution is 1.95. The molecule has 0 saturated carbocycles. The maximum absolute atomic E-state index is 11.0. The molecule has 16 heavy (non-hydrogen) atoms. The molecule has 0 bridgehead atoms. The summed E-state index contributed by atoms with van der Waals surface area (Å²) < 4.78 is 6.00. The first-order valence-corrected chi connectivity index (χ1v) is 5.28. The number of aromatic nitrogens is 3. The molecule has 1 rings (SSSR count). The summed E-state index contributed by atoms with van der Waals surface area (Å²) in [6.45, 7) is 5.99. The van der Waals surface area contributed by atoms with Crippen molar-refractivity contribution in [3.8, 4) is 0 Å². The van der Waals surface area contributed by atoms with Gasteiger partial charge in [0, 0.05) is 6.54 Å². The molecular formula is C10H18N4O2. The van der Waals surface area contributed by atoms with Gasteiger partial charge >= 0.3 is 5.97 Å². The van der Waals surface area contributed by atoms with Crippen molar-refractivity contribution < 1.29 is 9.53 Å². The Morgan fingerprint density at radius 2 is 2.38 bits per heavy atom. The van der Waals surface area contributed by atoms with Gasteiger partial charge in [-0.3, -0.25) is 4.79 Å². The highest BCUT2D eigenvalue weighted by Gasteiger charge is 2.05. The Morgan fingerprint density at radius 1 is 1.62 bits per heavy atom. The summed E-state index contributed by atoms with van der Waals surface area (Å²) >= 11 is 0. The van der Waals surface area contributed by atoms with Crippen LogP contribution in [0.3, 0.4) is 0 Å². The molecule has 1 N–H and O–H groups in total. The first-order chi connectivity index (χ1) is 7.61. The molecule has 6 nitrogen and oxygen atoms in total. The van der Waals surface area contributed by atoms with E-state index in [1.807, 2.05) is 0 Å². The molecular weight excluding hydrogens is 208 g/mol. The molecule has 0 atom stereocenters. The van der Waals surface area contributed by atoms with E-state index in [-0.39, 0.29) is 12.5 Å². The van der Waals surface area contributed by atoms with E-state index in [1.165, 1.54) is 11.8 Å². The predicted octanol–water partition coefficient (Wildman–Crippen LogP) is 0.197. The third-order valence-electron chi connectivity index (χ3n) is 1.96. The van der Waals surface area contributed by atoms with Gasteiger partial charge in [-0.15, -0.1) is 5.10 Å². The zero-order valence-electron chi connectivity index (χ0n) is 9.93. The second-order valence-corrected chi connectivity index (χ2v) is 4.01. The molecule has 0 fully saturated rings. The molecule has 90 valence electrons. The number of nitrogens with zero attached hydrogens (tertiary/aromatic N) is 3. The second kappa shape index (κ2) is 6.22. The molecule has 1 heterocycles. The SMILES string of the molecule is COC(=O)Cn1cc(CNCC(C)C)nn1. The van der Waals surface area contributed by atoms with Crippen molar-refractivity contribution in [2.24, 2.45) is 5.92 Å². The molecule has 0 aromatic carbocycles. The molecule has 0 saturated heterocycles. The van der Waals surface area contributed by atoms with Crippen molar-refractivity contribution in [1.82, 2.24) is 20.3 Å². The molecule has 0 unspecified atom stereocenters. The first kappa shape index (κ1) is 12.6. The quantitative estimate of drug-likeness (QED) is 0.702. The first-order valence-electron chi connectivity index (χ1n) is 5.28. The molecule has 0 aliphatic rings. The lowest BCUT2D eigenvalue weighted by Gasteiger charge is -2.04. The van der Waals surface area contributed by atoms with Crippen molar-refractivity contribution in [2.45, 2.75) is 26.9 Å². The average Bonchev–Trinajstić information content (AvgIpc) is 2.65. The number of hydrogen-bond acceptors (Lipinski definition) is 5. The lowest BCUT2D eigenvalue weighted by Crippen LogP contribution is -2.19. The maximum Gasteiger partial charge on any atom is 0.327 e. The van der Waals surface area contributed by atoms with Crippen LogP contribution in [0.4, 0.5) is 0 Å². The third-order valence-corrected chi connectivity index (χ3v) is 1.96. The lowest BCUT2D eigenvalue weighted by atomic mass is 10.2. The number of hydrogen-bond donors (Lipinski definition) is 1. The van der Waals surface area contributed by atoms with Gasteiger partial charge in [-0.1, -0.05) is 19.1 Å². The van der Waals surface area contributed by atoms with Crippen molar-refractivity contribution in [3.63, 3.8) is 0 Å². The predicted molar refractivity (Wildman–Crippen MR) is 58.6 cm³/mol. The van der Waals surface area contributed by atoms with Crippen LogP contribution in [-0.2, 0) is 22.6 Å². The fraction of sp³-hybridized carbons (Fsp3) is 0.700. The van der Waals surface area contributed by atoms with Gasteiger partial charge in [-0.05, 0) is 12.5 Å². The van der Waals surface area contributed by atoms with E-state index in [0.717, 1.165) is 12.2 Å².